The fourth-order valence-electron chi connectivity index (χ4n) is 3.12. The maximum Gasteiger partial charge on any atom is 0.310 e. The minimum Gasteiger partial charge on any atom is -0.481 e. The number of hydrogen-bond acceptors (Lipinski definition) is 2. The van der Waals surface area contributed by atoms with Gasteiger partial charge in [0.2, 0.25) is 5.91 Å². The van der Waals surface area contributed by atoms with Crippen LogP contribution in [0.5, 0.6) is 0 Å². The van der Waals surface area contributed by atoms with Crippen molar-refractivity contribution >= 4 is 17.6 Å². The van der Waals surface area contributed by atoms with Gasteiger partial charge in [0.25, 0.3) is 0 Å². The molecule has 2 N–H and O–H groups in total. The molecule has 1 unspecified atom stereocenters. The lowest BCUT2D eigenvalue weighted by Crippen LogP contribution is -2.14. The van der Waals surface area contributed by atoms with Crippen molar-refractivity contribution in [2.75, 3.05) is 5.32 Å². The fourth-order valence-corrected chi connectivity index (χ4v) is 3.12. The quantitative estimate of drug-likeness (QED) is 0.884. The van der Waals surface area contributed by atoms with Gasteiger partial charge in [-0.1, -0.05) is 30.3 Å². The molecule has 4 heteroatoms. The highest BCUT2D eigenvalue weighted by atomic mass is 16.4. The number of aliphatic carboxylic acids is 1. The van der Waals surface area contributed by atoms with Gasteiger partial charge in [-0.2, -0.15) is 0 Å². The van der Waals surface area contributed by atoms with E-state index in [1.165, 1.54) is 17.5 Å². The van der Waals surface area contributed by atoms with Crippen molar-refractivity contribution in [3.63, 3.8) is 0 Å². The van der Waals surface area contributed by atoms with Crippen LogP contribution in [0.2, 0.25) is 0 Å². The molecule has 1 amide bonds. The van der Waals surface area contributed by atoms with Crippen LogP contribution in [0.3, 0.4) is 0 Å². The first-order valence-electron chi connectivity index (χ1n) is 8.26. The smallest absolute Gasteiger partial charge is 0.310 e. The number of benzene rings is 2. The third-order valence-corrected chi connectivity index (χ3v) is 4.59. The van der Waals surface area contributed by atoms with Crippen LogP contribution in [0.1, 0.15) is 41.5 Å². The predicted molar refractivity (Wildman–Crippen MR) is 93.3 cm³/mol. The van der Waals surface area contributed by atoms with Crippen LogP contribution in [0.25, 0.3) is 0 Å². The van der Waals surface area contributed by atoms with Gasteiger partial charge in [-0.3, -0.25) is 9.59 Å². The summed E-state index contributed by atoms with van der Waals surface area (Å²) in [6.07, 6.45) is 3.80. The van der Waals surface area contributed by atoms with Crippen LogP contribution in [-0.2, 0) is 28.9 Å². The average molecular weight is 323 g/mol. The second-order valence-corrected chi connectivity index (χ2v) is 6.36. The fraction of sp³-hybridized carbons (Fsp3) is 0.300. The van der Waals surface area contributed by atoms with Gasteiger partial charge < -0.3 is 10.4 Å². The molecule has 124 valence electrons. The van der Waals surface area contributed by atoms with Crippen molar-refractivity contribution in [1.29, 1.82) is 0 Å². The van der Waals surface area contributed by atoms with E-state index in [4.69, 9.17) is 5.11 Å². The lowest BCUT2D eigenvalue weighted by molar-refractivity contribution is -0.138. The number of carbonyl (C=O) groups is 2. The molecule has 1 aliphatic carbocycles. The van der Waals surface area contributed by atoms with E-state index >= 15 is 0 Å². The first kappa shape index (κ1) is 16.2. The Kier molecular flexibility index (Phi) is 4.65. The normalized spacial score (nSPS) is 14.0. The molecule has 1 atom stereocenters. The van der Waals surface area contributed by atoms with E-state index in [1.54, 1.807) is 31.2 Å². The number of carboxylic acid groups (broad SMARTS) is 1. The van der Waals surface area contributed by atoms with Gasteiger partial charge in [-0.15, -0.1) is 0 Å². The Balaban J connectivity index is 1.61. The molecule has 0 bridgehead atoms. The molecule has 2 aromatic carbocycles. The molecular weight excluding hydrogens is 302 g/mol. The molecule has 0 fully saturated rings. The van der Waals surface area contributed by atoms with Gasteiger partial charge in [0.15, 0.2) is 0 Å². The van der Waals surface area contributed by atoms with Crippen molar-refractivity contribution in [3.05, 3.63) is 64.7 Å². The number of anilines is 1. The standard InChI is InChI=1S/C20H21NO3/c1-13(20(23)24)15-7-9-18(10-8-15)21-19(22)12-14-5-6-16-3-2-4-17(16)11-14/h5-11,13H,2-4,12H2,1H3,(H,21,22)(H,23,24). The molecule has 0 radical (unpaired) electrons. The average Bonchev–Trinajstić information content (AvgIpc) is 3.02. The Morgan fingerprint density at radius 3 is 2.50 bits per heavy atom. The van der Waals surface area contributed by atoms with Crippen LogP contribution in [-0.4, -0.2) is 17.0 Å². The molecule has 4 nitrogen and oxygen atoms in total. The summed E-state index contributed by atoms with van der Waals surface area (Å²) in [7, 11) is 0. The first-order chi connectivity index (χ1) is 11.5. The molecule has 0 saturated heterocycles. The Morgan fingerprint density at radius 1 is 1.08 bits per heavy atom. The number of aryl methyl sites for hydroxylation is 2. The van der Waals surface area contributed by atoms with E-state index < -0.39 is 11.9 Å². The third-order valence-electron chi connectivity index (χ3n) is 4.59. The maximum absolute atomic E-state index is 12.2. The lowest BCUT2D eigenvalue weighted by Gasteiger charge is -2.09. The van der Waals surface area contributed by atoms with Gasteiger partial charge in [-0.05, 0) is 60.6 Å². The van der Waals surface area contributed by atoms with Crippen LogP contribution in [0.4, 0.5) is 5.69 Å². The molecule has 0 saturated carbocycles. The van der Waals surface area contributed by atoms with Crippen LogP contribution < -0.4 is 5.32 Å². The molecule has 0 aromatic heterocycles. The topological polar surface area (TPSA) is 66.4 Å². The SMILES string of the molecule is CC(C(=O)O)c1ccc(NC(=O)Cc2ccc3c(c2)CCC3)cc1. The Bertz CT molecular complexity index is 765. The monoisotopic (exact) mass is 323 g/mol. The molecule has 1 aliphatic rings. The van der Waals surface area contributed by atoms with Crippen molar-refractivity contribution < 1.29 is 14.7 Å². The van der Waals surface area contributed by atoms with Crippen molar-refractivity contribution in [2.24, 2.45) is 0 Å². The summed E-state index contributed by atoms with van der Waals surface area (Å²) in [5.74, 6) is -1.48. The highest BCUT2D eigenvalue weighted by molar-refractivity contribution is 5.92. The zero-order chi connectivity index (χ0) is 17.1. The van der Waals surface area contributed by atoms with Crippen LogP contribution >= 0.6 is 0 Å². The Labute approximate surface area is 141 Å². The summed E-state index contributed by atoms with van der Waals surface area (Å²) in [5.41, 5.74) is 5.21. The zero-order valence-electron chi connectivity index (χ0n) is 13.7. The van der Waals surface area contributed by atoms with Crippen molar-refractivity contribution in [2.45, 2.75) is 38.5 Å². The molecule has 3 rings (SSSR count). The van der Waals surface area contributed by atoms with E-state index in [0.717, 1.165) is 24.0 Å². The van der Waals surface area contributed by atoms with E-state index in [0.29, 0.717) is 12.1 Å². The van der Waals surface area contributed by atoms with Gasteiger partial charge in [-0.25, -0.2) is 0 Å². The van der Waals surface area contributed by atoms with Gasteiger partial charge in [0.1, 0.15) is 0 Å². The summed E-state index contributed by atoms with van der Waals surface area (Å²) in [4.78, 5) is 23.2. The minimum atomic E-state index is -0.858. The number of fused-ring (bicyclic) bond motifs is 1. The number of hydrogen-bond donors (Lipinski definition) is 2. The highest BCUT2D eigenvalue weighted by Crippen LogP contribution is 2.23. The summed E-state index contributed by atoms with van der Waals surface area (Å²) in [6.45, 7) is 1.64. The Morgan fingerprint density at radius 2 is 1.79 bits per heavy atom. The van der Waals surface area contributed by atoms with Crippen LogP contribution in [0.15, 0.2) is 42.5 Å². The molecule has 0 aliphatic heterocycles. The number of carboxylic acids is 1. The summed E-state index contributed by atoms with van der Waals surface area (Å²) < 4.78 is 0. The second kappa shape index (κ2) is 6.87. The van der Waals surface area contributed by atoms with Gasteiger partial charge in [0.05, 0.1) is 12.3 Å². The van der Waals surface area contributed by atoms with E-state index in [1.807, 2.05) is 6.07 Å². The number of nitrogens with one attached hydrogen (secondary N) is 1. The molecular formula is C20H21NO3. The number of rotatable bonds is 5. The second-order valence-electron chi connectivity index (χ2n) is 6.36. The number of carbonyl (C=O) groups excluding carboxylic acids is 1. The molecule has 0 heterocycles. The van der Waals surface area contributed by atoms with Gasteiger partial charge >= 0.3 is 5.97 Å². The summed E-state index contributed by atoms with van der Waals surface area (Å²) in [5, 5.41) is 11.9. The minimum absolute atomic E-state index is 0.0630. The third kappa shape index (κ3) is 3.65. The molecule has 2 aromatic rings. The van der Waals surface area contributed by atoms with Crippen molar-refractivity contribution in [1.82, 2.24) is 0 Å². The highest BCUT2D eigenvalue weighted by Gasteiger charge is 2.14. The summed E-state index contributed by atoms with van der Waals surface area (Å²) >= 11 is 0. The van der Waals surface area contributed by atoms with Crippen molar-refractivity contribution in [3.8, 4) is 0 Å². The number of amides is 1. The lowest BCUT2D eigenvalue weighted by atomic mass is 10.0. The zero-order valence-corrected chi connectivity index (χ0v) is 13.7. The predicted octanol–water partition coefficient (Wildman–Crippen LogP) is 3.54. The van der Waals surface area contributed by atoms with E-state index in [2.05, 4.69) is 17.4 Å². The van der Waals surface area contributed by atoms with Gasteiger partial charge in [0, 0.05) is 5.69 Å². The molecule has 0 spiro atoms. The Hall–Kier alpha value is -2.62. The van der Waals surface area contributed by atoms with Crippen LogP contribution in [0, 0.1) is 0 Å². The maximum atomic E-state index is 12.2. The van der Waals surface area contributed by atoms with E-state index in [-0.39, 0.29) is 5.91 Å². The summed E-state index contributed by atoms with van der Waals surface area (Å²) in [6, 6.07) is 13.3. The van der Waals surface area contributed by atoms with E-state index in [9.17, 15) is 9.59 Å². The first-order valence-corrected chi connectivity index (χ1v) is 8.26. The largest absolute Gasteiger partial charge is 0.481 e. The molecule has 24 heavy (non-hydrogen) atoms.